The van der Waals surface area contributed by atoms with Crippen LogP contribution < -0.4 is 10.6 Å². The molecule has 0 aliphatic heterocycles. The second-order valence-electron chi connectivity index (χ2n) is 7.32. The highest BCUT2D eigenvalue weighted by atomic mass is 16.7. The Labute approximate surface area is 161 Å². The van der Waals surface area contributed by atoms with E-state index in [1.165, 1.54) is 14.2 Å². The molecule has 7 nitrogen and oxygen atoms in total. The number of likely N-dealkylation sites (N-methyl/N-ethyl adjacent to an activating group) is 1. The molecule has 0 aliphatic carbocycles. The molecular weight excluding hydrogens is 346 g/mol. The number of carbonyl (C=O) groups excluding carboxylic acids is 2. The Morgan fingerprint density at radius 1 is 1.22 bits per heavy atom. The summed E-state index contributed by atoms with van der Waals surface area (Å²) in [7, 11) is 2.90. The van der Waals surface area contributed by atoms with E-state index in [1.807, 2.05) is 31.2 Å². The van der Waals surface area contributed by atoms with Crippen molar-refractivity contribution < 1.29 is 19.2 Å². The number of benzene rings is 1. The van der Waals surface area contributed by atoms with Gasteiger partial charge in [0.05, 0.1) is 7.11 Å². The van der Waals surface area contributed by atoms with Gasteiger partial charge in [-0.05, 0) is 38.8 Å². The molecule has 2 N–H and O–H groups in total. The normalized spacial score (nSPS) is 12.1. The fourth-order valence-electron chi connectivity index (χ4n) is 2.35. The second-order valence-corrected chi connectivity index (χ2v) is 7.32. The van der Waals surface area contributed by atoms with Gasteiger partial charge in [0.15, 0.2) is 0 Å². The molecule has 0 saturated carbocycles. The minimum absolute atomic E-state index is 0.305. The van der Waals surface area contributed by atoms with Crippen LogP contribution in [0.3, 0.4) is 0 Å². The smallest absolute Gasteiger partial charge is 0.408 e. The first kappa shape index (κ1) is 22.5. The van der Waals surface area contributed by atoms with Crippen molar-refractivity contribution in [1.82, 2.24) is 15.7 Å². The molecule has 0 fully saturated rings. The average molecular weight is 377 g/mol. The number of hydrogen-bond donors (Lipinski definition) is 2. The van der Waals surface area contributed by atoms with Crippen LogP contribution in [0.25, 0.3) is 0 Å². The van der Waals surface area contributed by atoms with Crippen LogP contribution in [0.15, 0.2) is 36.5 Å². The zero-order chi connectivity index (χ0) is 20.6. The molecule has 27 heavy (non-hydrogen) atoms. The Balaban J connectivity index is 3.02. The monoisotopic (exact) mass is 377 g/mol. The summed E-state index contributed by atoms with van der Waals surface area (Å²) in [6, 6.07) is 6.91. The number of hydroxylamine groups is 2. The van der Waals surface area contributed by atoms with E-state index in [9.17, 15) is 9.59 Å². The van der Waals surface area contributed by atoms with Crippen molar-refractivity contribution in [2.24, 2.45) is 0 Å². The van der Waals surface area contributed by atoms with Crippen molar-refractivity contribution in [2.75, 3.05) is 14.2 Å². The Bertz CT molecular complexity index is 667. The SMILES string of the molecule is C=C(C)NCc1ccccc1C[C@H](NC(=O)OC(C)(C)C)C(=O)N(C)OC. The van der Waals surface area contributed by atoms with Gasteiger partial charge in [-0.3, -0.25) is 9.63 Å². The molecule has 0 heterocycles. The van der Waals surface area contributed by atoms with Gasteiger partial charge in [-0.15, -0.1) is 0 Å². The third-order valence-electron chi connectivity index (χ3n) is 3.70. The van der Waals surface area contributed by atoms with Crippen LogP contribution in [-0.4, -0.2) is 42.9 Å². The summed E-state index contributed by atoms with van der Waals surface area (Å²) in [5.74, 6) is -0.369. The van der Waals surface area contributed by atoms with Gasteiger partial charge in [-0.1, -0.05) is 30.8 Å². The van der Waals surface area contributed by atoms with Crippen molar-refractivity contribution >= 4 is 12.0 Å². The third kappa shape index (κ3) is 8.13. The quantitative estimate of drug-likeness (QED) is 0.681. The Morgan fingerprint density at radius 3 is 2.33 bits per heavy atom. The zero-order valence-corrected chi connectivity index (χ0v) is 17.1. The van der Waals surface area contributed by atoms with E-state index in [0.29, 0.717) is 13.0 Å². The number of nitrogens with zero attached hydrogens (tertiary/aromatic N) is 1. The Hall–Kier alpha value is -2.54. The fourth-order valence-corrected chi connectivity index (χ4v) is 2.35. The van der Waals surface area contributed by atoms with Crippen molar-refractivity contribution in [3.63, 3.8) is 0 Å². The van der Waals surface area contributed by atoms with Crippen LogP contribution in [0.2, 0.25) is 0 Å². The predicted molar refractivity (Wildman–Crippen MR) is 105 cm³/mol. The molecule has 0 bridgehead atoms. The second kappa shape index (κ2) is 9.97. The lowest BCUT2D eigenvalue weighted by atomic mass is 9.99. The first-order valence-electron chi connectivity index (χ1n) is 8.81. The first-order chi connectivity index (χ1) is 12.5. The van der Waals surface area contributed by atoms with E-state index in [2.05, 4.69) is 17.2 Å². The van der Waals surface area contributed by atoms with Crippen LogP contribution in [0.1, 0.15) is 38.8 Å². The highest BCUT2D eigenvalue weighted by Crippen LogP contribution is 2.14. The number of allylic oxidation sites excluding steroid dienone is 1. The van der Waals surface area contributed by atoms with E-state index in [1.54, 1.807) is 20.8 Å². The molecule has 0 saturated heterocycles. The van der Waals surface area contributed by atoms with Crippen LogP contribution in [-0.2, 0) is 27.3 Å². The molecule has 2 amide bonds. The van der Waals surface area contributed by atoms with Crippen molar-refractivity contribution in [1.29, 1.82) is 0 Å². The summed E-state index contributed by atoms with van der Waals surface area (Å²) in [5, 5.41) is 6.94. The number of ether oxygens (including phenoxy) is 1. The topological polar surface area (TPSA) is 79.9 Å². The summed E-state index contributed by atoms with van der Waals surface area (Å²) in [5.41, 5.74) is 2.15. The van der Waals surface area contributed by atoms with Crippen LogP contribution in [0, 0.1) is 0 Å². The number of hydrogen-bond acceptors (Lipinski definition) is 5. The third-order valence-corrected chi connectivity index (χ3v) is 3.70. The van der Waals surface area contributed by atoms with E-state index in [0.717, 1.165) is 21.9 Å². The van der Waals surface area contributed by atoms with Crippen molar-refractivity contribution in [3.8, 4) is 0 Å². The van der Waals surface area contributed by atoms with Gasteiger partial charge < -0.3 is 15.4 Å². The molecule has 1 aromatic carbocycles. The summed E-state index contributed by atoms with van der Waals surface area (Å²) < 4.78 is 5.29. The molecule has 0 radical (unpaired) electrons. The Morgan fingerprint density at radius 2 is 1.81 bits per heavy atom. The van der Waals surface area contributed by atoms with Crippen LogP contribution in [0.4, 0.5) is 4.79 Å². The predicted octanol–water partition coefficient (Wildman–Crippen LogP) is 2.77. The van der Waals surface area contributed by atoms with E-state index in [-0.39, 0.29) is 5.91 Å². The van der Waals surface area contributed by atoms with Gasteiger partial charge in [0, 0.05) is 25.7 Å². The lowest BCUT2D eigenvalue weighted by Crippen LogP contribution is -2.49. The number of rotatable bonds is 8. The highest BCUT2D eigenvalue weighted by molar-refractivity contribution is 5.85. The standard InChI is InChI=1S/C20H31N3O4/c1-14(2)21-13-16-11-9-8-10-15(16)12-17(18(24)23(6)26-7)22-19(25)27-20(3,4)5/h8-11,17,21H,1,12-13H2,2-7H3,(H,22,25)/t17-/m0/s1. The van der Waals surface area contributed by atoms with Crippen molar-refractivity contribution in [2.45, 2.75) is 52.3 Å². The Kier molecular flexibility index (Phi) is 8.31. The fraction of sp³-hybridized carbons (Fsp3) is 0.500. The number of alkyl carbamates (subject to hydrolysis) is 1. The lowest BCUT2D eigenvalue weighted by Gasteiger charge is -2.26. The van der Waals surface area contributed by atoms with Crippen molar-refractivity contribution in [3.05, 3.63) is 47.7 Å². The summed E-state index contributed by atoms with van der Waals surface area (Å²) >= 11 is 0. The van der Waals surface area contributed by atoms with Gasteiger partial charge in [0.2, 0.25) is 0 Å². The van der Waals surface area contributed by atoms with Gasteiger partial charge in [-0.25, -0.2) is 9.86 Å². The summed E-state index contributed by atoms with van der Waals surface area (Å²) in [6.07, 6.45) is -0.345. The number of amides is 2. The van der Waals surface area contributed by atoms with Gasteiger partial charge >= 0.3 is 6.09 Å². The molecule has 0 aliphatic rings. The largest absolute Gasteiger partial charge is 0.444 e. The van der Waals surface area contributed by atoms with Gasteiger partial charge in [0.1, 0.15) is 11.6 Å². The van der Waals surface area contributed by atoms with Crippen LogP contribution >= 0.6 is 0 Å². The minimum atomic E-state index is -0.823. The lowest BCUT2D eigenvalue weighted by molar-refractivity contribution is -0.171. The molecule has 0 spiro atoms. The molecular formula is C20H31N3O4. The van der Waals surface area contributed by atoms with Gasteiger partial charge in [-0.2, -0.15) is 0 Å². The van der Waals surface area contributed by atoms with E-state index >= 15 is 0 Å². The first-order valence-corrected chi connectivity index (χ1v) is 8.81. The molecule has 7 heteroatoms. The van der Waals surface area contributed by atoms with Crippen LogP contribution in [0.5, 0.6) is 0 Å². The number of nitrogens with one attached hydrogen (secondary N) is 2. The molecule has 1 rings (SSSR count). The maximum Gasteiger partial charge on any atom is 0.408 e. The van der Waals surface area contributed by atoms with E-state index < -0.39 is 17.7 Å². The van der Waals surface area contributed by atoms with Gasteiger partial charge in [0.25, 0.3) is 5.91 Å². The molecule has 1 atom stereocenters. The summed E-state index contributed by atoms with van der Waals surface area (Å²) in [4.78, 5) is 29.9. The summed E-state index contributed by atoms with van der Waals surface area (Å²) in [6.45, 7) is 11.6. The maximum atomic E-state index is 12.7. The zero-order valence-electron chi connectivity index (χ0n) is 17.1. The molecule has 1 aromatic rings. The molecule has 0 aromatic heterocycles. The average Bonchev–Trinajstić information content (AvgIpc) is 2.57. The highest BCUT2D eigenvalue weighted by Gasteiger charge is 2.27. The van der Waals surface area contributed by atoms with E-state index in [4.69, 9.17) is 9.57 Å². The minimum Gasteiger partial charge on any atom is -0.444 e. The number of carbonyl (C=O) groups is 2. The molecule has 150 valence electrons. The molecule has 0 unspecified atom stereocenters. The maximum absolute atomic E-state index is 12.7.